The Balaban J connectivity index is 1.17. The van der Waals surface area contributed by atoms with E-state index >= 15 is 0 Å². The average Bonchev–Trinajstić information content (AvgIpc) is 3.45. The van der Waals surface area contributed by atoms with Gasteiger partial charge in [0.05, 0.1) is 59.2 Å². The summed E-state index contributed by atoms with van der Waals surface area (Å²) in [6.07, 6.45) is 2.50. The number of nitrogens with zero attached hydrogens (tertiary/aromatic N) is 4. The first-order valence-electron chi connectivity index (χ1n) is 11.5. The average molecular weight is 466 g/mol. The van der Waals surface area contributed by atoms with Gasteiger partial charge in [-0.05, 0) is 24.3 Å². The predicted molar refractivity (Wildman–Crippen MR) is 128 cm³/mol. The quantitative estimate of drug-likeness (QED) is 0.599. The molecule has 8 nitrogen and oxygen atoms in total. The molecule has 1 aromatic carbocycles. The van der Waals surface area contributed by atoms with Crippen molar-refractivity contribution in [2.75, 3.05) is 57.4 Å². The number of ether oxygens (including phenoxy) is 2. The molecule has 1 amide bonds. The molecule has 0 radical (unpaired) electrons. The zero-order valence-corrected chi connectivity index (χ0v) is 19.2. The van der Waals surface area contributed by atoms with Crippen molar-refractivity contribution in [1.29, 1.82) is 0 Å². The molecule has 1 atom stereocenters. The topological polar surface area (TPSA) is 79.8 Å². The number of fused-ring (bicyclic) bond motifs is 1. The molecule has 6 rings (SSSR count). The van der Waals surface area contributed by atoms with Gasteiger partial charge >= 0.3 is 0 Å². The monoisotopic (exact) mass is 465 g/mol. The number of anilines is 1. The van der Waals surface area contributed by atoms with E-state index in [2.05, 4.69) is 38.3 Å². The number of aromatic nitrogens is 2. The van der Waals surface area contributed by atoms with E-state index in [1.807, 2.05) is 17.8 Å². The molecule has 0 aliphatic carbocycles. The Morgan fingerprint density at radius 3 is 2.73 bits per heavy atom. The molecule has 2 aromatic heterocycles. The molecule has 0 spiro atoms. The van der Waals surface area contributed by atoms with Crippen LogP contribution in [-0.4, -0.2) is 79.4 Å². The van der Waals surface area contributed by atoms with Gasteiger partial charge in [-0.1, -0.05) is 0 Å². The fourth-order valence-corrected chi connectivity index (χ4v) is 5.44. The minimum atomic E-state index is 0.100. The largest absolute Gasteiger partial charge is 0.492 e. The van der Waals surface area contributed by atoms with Crippen LogP contribution in [0.3, 0.4) is 0 Å². The van der Waals surface area contributed by atoms with Crippen molar-refractivity contribution in [2.45, 2.75) is 12.5 Å². The Labute approximate surface area is 196 Å². The molecule has 9 heteroatoms. The second-order valence-electron chi connectivity index (χ2n) is 8.98. The number of nitrogens with one attached hydrogen (secondary N) is 1. The molecule has 3 aliphatic rings. The van der Waals surface area contributed by atoms with Crippen molar-refractivity contribution in [3.63, 3.8) is 0 Å². The fourth-order valence-electron chi connectivity index (χ4n) is 4.71. The molecule has 1 N–H and O–H groups in total. The summed E-state index contributed by atoms with van der Waals surface area (Å²) >= 11 is 1.57. The highest BCUT2D eigenvalue weighted by Gasteiger charge is 2.29. The SMILES string of the molecule is O=C1C[C@H](COc2cc(-c3ccc(N4CCN(C5COC5)CC4)cn3)cc3ncsc23)CN1. The summed E-state index contributed by atoms with van der Waals surface area (Å²) in [5.41, 5.74) is 5.81. The Hall–Kier alpha value is -2.75. The van der Waals surface area contributed by atoms with Crippen molar-refractivity contribution in [3.8, 4) is 17.0 Å². The molecule has 5 heterocycles. The zero-order chi connectivity index (χ0) is 22.2. The van der Waals surface area contributed by atoms with Crippen LogP contribution in [-0.2, 0) is 9.53 Å². The summed E-state index contributed by atoms with van der Waals surface area (Å²) in [6, 6.07) is 8.97. The molecule has 0 saturated carbocycles. The third-order valence-electron chi connectivity index (χ3n) is 6.79. The second kappa shape index (κ2) is 8.89. The van der Waals surface area contributed by atoms with Gasteiger partial charge in [0.25, 0.3) is 0 Å². The summed E-state index contributed by atoms with van der Waals surface area (Å²) in [5.74, 6) is 1.12. The zero-order valence-electron chi connectivity index (χ0n) is 18.4. The standard InChI is InChI=1S/C24H27N5O3S/c30-23-7-16(10-26-23)12-32-22-9-17(8-21-24(22)33-15-27-21)20-2-1-18(11-25-20)28-3-5-29(6-4-28)19-13-31-14-19/h1-2,8-9,11,15-16,19H,3-7,10,12-14H2,(H,26,30)/t16-/m0/s1. The van der Waals surface area contributed by atoms with Crippen LogP contribution in [0.25, 0.3) is 21.5 Å². The Bertz CT molecular complexity index is 1140. The molecule has 3 aromatic rings. The normalized spacial score (nSPS) is 21.9. The van der Waals surface area contributed by atoms with Gasteiger partial charge in [-0.3, -0.25) is 14.7 Å². The van der Waals surface area contributed by atoms with Crippen molar-refractivity contribution < 1.29 is 14.3 Å². The first-order valence-corrected chi connectivity index (χ1v) is 12.4. The van der Waals surface area contributed by atoms with Gasteiger partial charge in [-0.15, -0.1) is 11.3 Å². The van der Waals surface area contributed by atoms with E-state index in [0.29, 0.717) is 25.6 Å². The molecule has 3 fully saturated rings. The lowest BCUT2D eigenvalue weighted by Gasteiger charge is -2.43. The minimum absolute atomic E-state index is 0.100. The van der Waals surface area contributed by atoms with Crippen LogP contribution >= 0.6 is 11.3 Å². The fraction of sp³-hybridized carbons (Fsp3) is 0.458. The third-order valence-corrected chi connectivity index (χ3v) is 7.65. The summed E-state index contributed by atoms with van der Waals surface area (Å²) in [7, 11) is 0. The number of thiazole rings is 1. The molecule has 3 saturated heterocycles. The number of rotatable bonds is 6. The third kappa shape index (κ3) is 4.28. The predicted octanol–water partition coefficient (Wildman–Crippen LogP) is 2.39. The van der Waals surface area contributed by atoms with Gasteiger partial charge in [0.2, 0.25) is 5.91 Å². The summed E-state index contributed by atoms with van der Waals surface area (Å²) < 4.78 is 12.5. The van der Waals surface area contributed by atoms with Gasteiger partial charge in [-0.2, -0.15) is 0 Å². The van der Waals surface area contributed by atoms with Gasteiger partial charge in [0.15, 0.2) is 0 Å². The number of hydrogen-bond donors (Lipinski definition) is 1. The summed E-state index contributed by atoms with van der Waals surface area (Å²) in [4.78, 5) is 25.7. The lowest BCUT2D eigenvalue weighted by Crippen LogP contribution is -2.56. The summed E-state index contributed by atoms with van der Waals surface area (Å²) in [6.45, 7) is 7.11. The van der Waals surface area contributed by atoms with Gasteiger partial charge in [0, 0.05) is 50.6 Å². The molecule has 172 valence electrons. The van der Waals surface area contributed by atoms with Crippen LogP contribution in [0.1, 0.15) is 6.42 Å². The maximum atomic E-state index is 11.5. The minimum Gasteiger partial charge on any atom is -0.492 e. The number of carbonyl (C=O) groups is 1. The maximum Gasteiger partial charge on any atom is 0.220 e. The molecule has 0 bridgehead atoms. The van der Waals surface area contributed by atoms with Gasteiger partial charge < -0.3 is 19.7 Å². The highest BCUT2D eigenvalue weighted by molar-refractivity contribution is 7.17. The van der Waals surface area contributed by atoms with Crippen LogP contribution in [0.4, 0.5) is 5.69 Å². The molecule has 3 aliphatic heterocycles. The number of pyridine rings is 1. The smallest absolute Gasteiger partial charge is 0.220 e. The van der Waals surface area contributed by atoms with E-state index in [1.54, 1.807) is 11.3 Å². The Kier molecular flexibility index (Phi) is 5.61. The number of amides is 1. The first-order chi connectivity index (χ1) is 16.2. The van der Waals surface area contributed by atoms with Gasteiger partial charge in [0.1, 0.15) is 5.75 Å². The van der Waals surface area contributed by atoms with Crippen LogP contribution in [0, 0.1) is 5.92 Å². The second-order valence-corrected chi connectivity index (χ2v) is 9.83. The lowest BCUT2D eigenvalue weighted by atomic mass is 10.1. The van der Waals surface area contributed by atoms with Crippen molar-refractivity contribution >= 4 is 33.1 Å². The van der Waals surface area contributed by atoms with Crippen molar-refractivity contribution in [2.24, 2.45) is 5.92 Å². The van der Waals surface area contributed by atoms with E-state index in [9.17, 15) is 4.79 Å². The van der Waals surface area contributed by atoms with E-state index in [4.69, 9.17) is 14.5 Å². The van der Waals surface area contributed by atoms with E-state index in [1.165, 1.54) is 0 Å². The van der Waals surface area contributed by atoms with Crippen LogP contribution in [0.15, 0.2) is 36.0 Å². The van der Waals surface area contributed by atoms with E-state index in [-0.39, 0.29) is 11.8 Å². The van der Waals surface area contributed by atoms with Gasteiger partial charge in [-0.25, -0.2) is 4.98 Å². The number of hydrogen-bond acceptors (Lipinski definition) is 8. The number of carbonyl (C=O) groups excluding carboxylic acids is 1. The van der Waals surface area contributed by atoms with Crippen LogP contribution in [0.5, 0.6) is 5.75 Å². The van der Waals surface area contributed by atoms with E-state index < -0.39 is 0 Å². The highest BCUT2D eigenvalue weighted by Crippen LogP contribution is 2.35. The number of piperazine rings is 1. The Morgan fingerprint density at radius 2 is 2.03 bits per heavy atom. The van der Waals surface area contributed by atoms with Crippen LogP contribution < -0.4 is 15.0 Å². The molecular weight excluding hydrogens is 438 g/mol. The Morgan fingerprint density at radius 1 is 1.15 bits per heavy atom. The molecule has 0 unspecified atom stereocenters. The van der Waals surface area contributed by atoms with Crippen LogP contribution in [0.2, 0.25) is 0 Å². The van der Waals surface area contributed by atoms with E-state index in [0.717, 1.165) is 72.3 Å². The lowest BCUT2D eigenvalue weighted by molar-refractivity contribution is -0.119. The number of benzene rings is 1. The van der Waals surface area contributed by atoms with Crippen molar-refractivity contribution in [1.82, 2.24) is 20.2 Å². The first kappa shape index (κ1) is 20.8. The molecular formula is C24H27N5O3S. The highest BCUT2D eigenvalue weighted by atomic mass is 32.1. The molecule has 33 heavy (non-hydrogen) atoms. The van der Waals surface area contributed by atoms with Crippen molar-refractivity contribution in [3.05, 3.63) is 36.0 Å². The maximum absolute atomic E-state index is 11.5. The summed E-state index contributed by atoms with van der Waals surface area (Å²) in [5, 5.41) is 2.87.